The van der Waals surface area contributed by atoms with Gasteiger partial charge in [0.15, 0.2) is 0 Å². The summed E-state index contributed by atoms with van der Waals surface area (Å²) >= 11 is 1.87. The zero-order chi connectivity index (χ0) is 12.5. The van der Waals surface area contributed by atoms with Crippen molar-refractivity contribution < 1.29 is 4.74 Å². The van der Waals surface area contributed by atoms with Crippen LogP contribution in [0.4, 0.5) is 0 Å². The summed E-state index contributed by atoms with van der Waals surface area (Å²) < 4.78 is 6.29. The predicted molar refractivity (Wildman–Crippen MR) is 74.6 cm³/mol. The van der Waals surface area contributed by atoms with Crippen molar-refractivity contribution in [2.24, 2.45) is 0 Å². The standard InChI is InChI=1S/C15H23NOS/c16-12-15(8-4-10-18-15)11-13-5-9-14(17-13)6-2-1-3-7-14/h13H,1-11H2. The van der Waals surface area contributed by atoms with E-state index in [0.29, 0.717) is 6.10 Å². The molecule has 1 aliphatic carbocycles. The first-order valence-corrected chi connectivity index (χ1v) is 8.48. The molecular formula is C15H23NOS. The minimum absolute atomic E-state index is 0.120. The number of ether oxygens (including phenoxy) is 1. The molecule has 2 nitrogen and oxygen atoms in total. The van der Waals surface area contributed by atoms with Crippen LogP contribution in [0.15, 0.2) is 0 Å². The number of hydrogen-bond acceptors (Lipinski definition) is 3. The molecule has 0 aromatic heterocycles. The molecule has 3 rings (SSSR count). The van der Waals surface area contributed by atoms with Crippen molar-refractivity contribution in [1.29, 1.82) is 5.26 Å². The van der Waals surface area contributed by atoms with Gasteiger partial charge in [-0.15, -0.1) is 11.8 Å². The van der Waals surface area contributed by atoms with Gasteiger partial charge in [0.1, 0.15) is 4.75 Å². The molecule has 0 amide bonds. The van der Waals surface area contributed by atoms with Crippen LogP contribution in [0, 0.1) is 11.3 Å². The van der Waals surface area contributed by atoms with Gasteiger partial charge in [0.05, 0.1) is 17.8 Å². The molecule has 0 radical (unpaired) electrons. The summed E-state index contributed by atoms with van der Waals surface area (Å²) in [6.45, 7) is 0. The van der Waals surface area contributed by atoms with Crippen molar-refractivity contribution in [3.05, 3.63) is 0 Å². The van der Waals surface area contributed by atoms with Gasteiger partial charge in [0, 0.05) is 6.42 Å². The Kier molecular flexibility index (Phi) is 3.60. The van der Waals surface area contributed by atoms with Crippen molar-refractivity contribution in [2.45, 2.75) is 80.7 Å². The molecule has 2 aliphatic heterocycles. The van der Waals surface area contributed by atoms with Gasteiger partial charge in [-0.2, -0.15) is 5.26 Å². The molecule has 3 fully saturated rings. The van der Waals surface area contributed by atoms with E-state index in [2.05, 4.69) is 6.07 Å². The lowest BCUT2D eigenvalue weighted by molar-refractivity contribution is -0.0669. The van der Waals surface area contributed by atoms with Crippen LogP contribution in [0.5, 0.6) is 0 Å². The van der Waals surface area contributed by atoms with Gasteiger partial charge in [-0.1, -0.05) is 19.3 Å². The lowest BCUT2D eigenvalue weighted by Gasteiger charge is -2.34. The molecule has 1 saturated carbocycles. The quantitative estimate of drug-likeness (QED) is 0.755. The molecule has 3 heteroatoms. The normalized spacial score (nSPS) is 38.9. The van der Waals surface area contributed by atoms with Crippen LogP contribution >= 0.6 is 11.8 Å². The molecular weight excluding hydrogens is 242 g/mol. The van der Waals surface area contributed by atoms with E-state index >= 15 is 0 Å². The Bertz CT molecular complexity index is 337. The maximum atomic E-state index is 9.45. The lowest BCUT2D eigenvalue weighted by Crippen LogP contribution is -2.33. The number of rotatable bonds is 2. The highest BCUT2D eigenvalue weighted by atomic mass is 32.2. The number of nitriles is 1. The van der Waals surface area contributed by atoms with E-state index in [4.69, 9.17) is 4.74 Å². The van der Waals surface area contributed by atoms with Gasteiger partial charge in [-0.05, 0) is 44.3 Å². The highest BCUT2D eigenvalue weighted by Crippen LogP contribution is 2.47. The molecule has 2 saturated heterocycles. The predicted octanol–water partition coefficient (Wildman–Crippen LogP) is 4.05. The molecule has 0 aromatic rings. The van der Waals surface area contributed by atoms with Gasteiger partial charge < -0.3 is 4.74 Å². The van der Waals surface area contributed by atoms with Crippen LogP contribution in [0.3, 0.4) is 0 Å². The molecule has 3 aliphatic rings. The smallest absolute Gasteiger partial charge is 0.105 e. The average molecular weight is 265 g/mol. The Morgan fingerprint density at radius 1 is 1.11 bits per heavy atom. The van der Waals surface area contributed by atoms with Crippen molar-refractivity contribution >= 4 is 11.8 Å². The molecule has 100 valence electrons. The van der Waals surface area contributed by atoms with Crippen molar-refractivity contribution in [2.75, 3.05) is 5.75 Å². The zero-order valence-electron chi connectivity index (χ0n) is 11.1. The summed E-state index contributed by atoms with van der Waals surface area (Å²) in [6.07, 6.45) is 12.6. The van der Waals surface area contributed by atoms with Crippen molar-refractivity contribution in [1.82, 2.24) is 0 Å². The second-order valence-electron chi connectivity index (χ2n) is 6.28. The summed E-state index contributed by atoms with van der Waals surface area (Å²) in [4.78, 5) is 0. The van der Waals surface area contributed by atoms with Gasteiger partial charge >= 0.3 is 0 Å². The SMILES string of the molecule is N#CC1(CC2CCC3(CCCCC3)O2)CCCS1. The van der Waals surface area contributed by atoms with E-state index < -0.39 is 0 Å². The third-order valence-electron chi connectivity index (χ3n) is 4.97. The largest absolute Gasteiger partial charge is 0.372 e. The van der Waals surface area contributed by atoms with E-state index in [9.17, 15) is 5.26 Å². The van der Waals surface area contributed by atoms with Crippen LogP contribution in [0.2, 0.25) is 0 Å². The summed E-state index contributed by atoms with van der Waals surface area (Å²) in [6, 6.07) is 2.58. The van der Waals surface area contributed by atoms with E-state index in [-0.39, 0.29) is 10.3 Å². The minimum atomic E-state index is -0.120. The topological polar surface area (TPSA) is 33.0 Å². The van der Waals surface area contributed by atoms with Crippen molar-refractivity contribution in [3.63, 3.8) is 0 Å². The molecule has 2 heterocycles. The maximum Gasteiger partial charge on any atom is 0.105 e. The van der Waals surface area contributed by atoms with Gasteiger partial charge in [0.2, 0.25) is 0 Å². The van der Waals surface area contributed by atoms with Gasteiger partial charge in [0.25, 0.3) is 0 Å². The Balaban J connectivity index is 1.60. The highest BCUT2D eigenvalue weighted by Gasteiger charge is 2.45. The van der Waals surface area contributed by atoms with Crippen LogP contribution in [0.1, 0.15) is 64.2 Å². The zero-order valence-corrected chi connectivity index (χ0v) is 11.9. The summed E-state index contributed by atoms with van der Waals surface area (Å²) in [7, 11) is 0. The summed E-state index contributed by atoms with van der Waals surface area (Å²) in [5.74, 6) is 1.16. The van der Waals surface area contributed by atoms with Gasteiger partial charge in [-0.25, -0.2) is 0 Å². The van der Waals surface area contributed by atoms with Crippen LogP contribution in [-0.4, -0.2) is 22.2 Å². The average Bonchev–Trinajstić information content (AvgIpc) is 3.00. The fourth-order valence-electron chi connectivity index (χ4n) is 3.96. The van der Waals surface area contributed by atoms with Gasteiger partial charge in [-0.3, -0.25) is 0 Å². The minimum Gasteiger partial charge on any atom is -0.372 e. The second-order valence-corrected chi connectivity index (χ2v) is 7.76. The number of nitrogens with zero attached hydrogens (tertiary/aromatic N) is 1. The lowest BCUT2D eigenvalue weighted by atomic mass is 9.83. The second kappa shape index (κ2) is 5.06. The number of hydrogen-bond donors (Lipinski definition) is 0. The Hall–Kier alpha value is -0.200. The Morgan fingerprint density at radius 2 is 1.94 bits per heavy atom. The molecule has 0 aromatic carbocycles. The van der Waals surface area contributed by atoms with Crippen molar-refractivity contribution in [3.8, 4) is 6.07 Å². The third kappa shape index (κ3) is 2.42. The van der Waals surface area contributed by atoms with E-state index in [0.717, 1.165) is 18.6 Å². The fraction of sp³-hybridized carbons (Fsp3) is 0.933. The molecule has 2 atom stereocenters. The van der Waals surface area contributed by atoms with E-state index in [1.807, 2.05) is 11.8 Å². The highest BCUT2D eigenvalue weighted by molar-refractivity contribution is 8.01. The van der Waals surface area contributed by atoms with E-state index in [1.165, 1.54) is 51.4 Å². The molecule has 0 N–H and O–H groups in total. The molecule has 1 spiro atoms. The first kappa shape index (κ1) is 12.8. The third-order valence-corrected chi connectivity index (χ3v) is 6.48. The Morgan fingerprint density at radius 3 is 2.61 bits per heavy atom. The van der Waals surface area contributed by atoms with E-state index in [1.54, 1.807) is 0 Å². The fourth-order valence-corrected chi connectivity index (χ4v) is 5.30. The summed E-state index contributed by atoms with van der Waals surface area (Å²) in [5, 5.41) is 9.45. The molecule has 2 unspecified atom stereocenters. The maximum absolute atomic E-state index is 9.45. The first-order chi connectivity index (χ1) is 8.76. The van der Waals surface area contributed by atoms with Crippen LogP contribution < -0.4 is 0 Å². The van der Waals surface area contributed by atoms with Crippen LogP contribution in [-0.2, 0) is 4.74 Å². The monoisotopic (exact) mass is 265 g/mol. The Labute approximate surface area is 114 Å². The first-order valence-electron chi connectivity index (χ1n) is 7.49. The number of thioether (sulfide) groups is 1. The molecule has 0 bridgehead atoms. The molecule has 18 heavy (non-hydrogen) atoms. The van der Waals surface area contributed by atoms with Crippen LogP contribution in [0.25, 0.3) is 0 Å². The summed E-state index contributed by atoms with van der Waals surface area (Å²) in [5.41, 5.74) is 0.211.